The number of aromatic nitrogens is 3. The van der Waals surface area contributed by atoms with Gasteiger partial charge >= 0.3 is 0 Å². The normalized spacial score (nSPS) is 10.6. The Kier molecular flexibility index (Phi) is 3.33. The number of aryl methyl sites for hydroxylation is 1. The van der Waals surface area contributed by atoms with Crippen LogP contribution >= 0.6 is 11.3 Å². The highest BCUT2D eigenvalue weighted by atomic mass is 32.1. The van der Waals surface area contributed by atoms with E-state index >= 15 is 0 Å². The van der Waals surface area contributed by atoms with E-state index in [9.17, 15) is 0 Å². The summed E-state index contributed by atoms with van der Waals surface area (Å²) in [4.78, 5) is 13.0. The molecule has 0 aliphatic heterocycles. The number of hydrogen-bond acceptors (Lipinski definition) is 4. The third-order valence-electron chi connectivity index (χ3n) is 2.98. The van der Waals surface area contributed by atoms with E-state index in [-0.39, 0.29) is 0 Å². The summed E-state index contributed by atoms with van der Waals surface area (Å²) in [7, 11) is 0. The maximum absolute atomic E-state index is 4.70. The fraction of sp³-hybridized carbons (Fsp3) is 0.133. The maximum atomic E-state index is 4.70. The molecule has 0 unspecified atom stereocenters. The summed E-state index contributed by atoms with van der Waals surface area (Å²) in [6.45, 7) is 2.15. The first-order chi connectivity index (χ1) is 9.38. The second-order valence-corrected chi connectivity index (χ2v) is 5.02. The topological polar surface area (TPSA) is 38.7 Å². The first-order valence-corrected chi connectivity index (χ1v) is 7.05. The Hall–Kier alpha value is -2.07. The van der Waals surface area contributed by atoms with Crippen molar-refractivity contribution >= 4 is 11.3 Å². The summed E-state index contributed by atoms with van der Waals surface area (Å²) in [5.74, 6) is 0. The van der Waals surface area contributed by atoms with Crippen molar-refractivity contribution in [3.8, 4) is 21.8 Å². The zero-order chi connectivity index (χ0) is 13.1. The van der Waals surface area contributed by atoms with Crippen LogP contribution in [-0.2, 0) is 6.42 Å². The van der Waals surface area contributed by atoms with E-state index < -0.39 is 0 Å². The summed E-state index contributed by atoms with van der Waals surface area (Å²) in [6, 6.07) is 6.01. The molecule has 94 valence electrons. The molecule has 19 heavy (non-hydrogen) atoms. The number of pyridine rings is 2. The highest BCUT2D eigenvalue weighted by molar-refractivity contribution is 7.13. The minimum atomic E-state index is 0.971. The van der Waals surface area contributed by atoms with Gasteiger partial charge in [-0.25, -0.2) is 4.98 Å². The fourth-order valence-corrected chi connectivity index (χ4v) is 2.84. The molecule has 3 heterocycles. The molecule has 3 aromatic rings. The van der Waals surface area contributed by atoms with Crippen molar-refractivity contribution < 1.29 is 0 Å². The Morgan fingerprint density at radius 2 is 2.00 bits per heavy atom. The molecule has 0 radical (unpaired) electrons. The van der Waals surface area contributed by atoms with Gasteiger partial charge < -0.3 is 0 Å². The Morgan fingerprint density at radius 1 is 1.11 bits per heavy atom. The van der Waals surface area contributed by atoms with Crippen LogP contribution in [0.2, 0.25) is 0 Å². The Balaban J connectivity index is 2.02. The molecule has 3 aromatic heterocycles. The van der Waals surface area contributed by atoms with Crippen molar-refractivity contribution in [3.63, 3.8) is 0 Å². The predicted molar refractivity (Wildman–Crippen MR) is 78.0 cm³/mol. The van der Waals surface area contributed by atoms with Crippen LogP contribution in [0, 0.1) is 0 Å². The summed E-state index contributed by atoms with van der Waals surface area (Å²) in [6.07, 6.45) is 8.32. The van der Waals surface area contributed by atoms with E-state index in [0.717, 1.165) is 28.2 Å². The molecule has 4 heteroatoms. The van der Waals surface area contributed by atoms with Crippen LogP contribution in [0.1, 0.15) is 12.5 Å². The van der Waals surface area contributed by atoms with Crippen LogP contribution in [-0.4, -0.2) is 15.0 Å². The highest BCUT2D eigenvalue weighted by Crippen LogP contribution is 2.30. The van der Waals surface area contributed by atoms with Gasteiger partial charge in [0.25, 0.3) is 0 Å². The lowest BCUT2D eigenvalue weighted by atomic mass is 10.1. The quantitative estimate of drug-likeness (QED) is 0.724. The fourth-order valence-electron chi connectivity index (χ4n) is 1.97. The molecule has 3 nitrogen and oxygen atoms in total. The lowest BCUT2D eigenvalue weighted by Crippen LogP contribution is -1.88. The van der Waals surface area contributed by atoms with Gasteiger partial charge in [-0.1, -0.05) is 6.92 Å². The molecule has 0 saturated carbocycles. The van der Waals surface area contributed by atoms with Crippen LogP contribution in [0.3, 0.4) is 0 Å². The molecular weight excluding hydrogens is 254 g/mol. The average Bonchev–Trinajstić information content (AvgIpc) is 2.98. The molecule has 0 N–H and O–H groups in total. The van der Waals surface area contributed by atoms with E-state index in [1.165, 1.54) is 5.56 Å². The van der Waals surface area contributed by atoms with Gasteiger partial charge in [0.05, 0.1) is 5.69 Å². The van der Waals surface area contributed by atoms with Crippen LogP contribution < -0.4 is 0 Å². The average molecular weight is 267 g/mol. The minimum absolute atomic E-state index is 0.971. The molecule has 3 rings (SSSR count). The third-order valence-corrected chi connectivity index (χ3v) is 3.86. The molecule has 0 saturated heterocycles. The van der Waals surface area contributed by atoms with Crippen molar-refractivity contribution in [2.24, 2.45) is 0 Å². The Bertz CT molecular complexity index is 677. The van der Waals surface area contributed by atoms with E-state index in [1.807, 2.05) is 30.7 Å². The molecule has 0 aromatic carbocycles. The Labute approximate surface area is 116 Å². The van der Waals surface area contributed by atoms with E-state index in [4.69, 9.17) is 4.98 Å². The van der Waals surface area contributed by atoms with E-state index in [1.54, 1.807) is 17.5 Å². The van der Waals surface area contributed by atoms with Gasteiger partial charge in [0.2, 0.25) is 0 Å². The maximum Gasteiger partial charge on any atom is 0.125 e. The zero-order valence-corrected chi connectivity index (χ0v) is 11.4. The smallest absolute Gasteiger partial charge is 0.125 e. The molecule has 0 amide bonds. The third kappa shape index (κ3) is 2.39. The van der Waals surface area contributed by atoms with Gasteiger partial charge in [-0.3, -0.25) is 9.97 Å². The van der Waals surface area contributed by atoms with Crippen molar-refractivity contribution in [3.05, 3.63) is 53.9 Å². The van der Waals surface area contributed by atoms with Gasteiger partial charge in [0.1, 0.15) is 5.01 Å². The minimum Gasteiger partial charge on any atom is -0.264 e. The monoisotopic (exact) mass is 267 g/mol. The second-order valence-electron chi connectivity index (χ2n) is 4.17. The van der Waals surface area contributed by atoms with Crippen molar-refractivity contribution in [1.29, 1.82) is 0 Å². The van der Waals surface area contributed by atoms with Crippen LogP contribution in [0.5, 0.6) is 0 Å². The zero-order valence-electron chi connectivity index (χ0n) is 10.6. The van der Waals surface area contributed by atoms with E-state index in [0.29, 0.717) is 0 Å². The molecule has 0 fully saturated rings. The predicted octanol–water partition coefficient (Wildman–Crippen LogP) is 3.83. The first kappa shape index (κ1) is 12.0. The number of nitrogens with zero attached hydrogens (tertiary/aromatic N) is 3. The van der Waals surface area contributed by atoms with Gasteiger partial charge in [-0.2, -0.15) is 0 Å². The molecule has 0 spiro atoms. The largest absolute Gasteiger partial charge is 0.264 e. The molecule has 0 atom stereocenters. The van der Waals surface area contributed by atoms with Crippen LogP contribution in [0.25, 0.3) is 21.8 Å². The summed E-state index contributed by atoms with van der Waals surface area (Å²) < 4.78 is 0. The Morgan fingerprint density at radius 3 is 2.79 bits per heavy atom. The standard InChI is InChI=1S/C15H13N3S/c1-2-11-5-7-17-9-13(11)15-18-14(10-19-15)12-4-3-6-16-8-12/h3-10H,2H2,1H3. The molecule has 0 aliphatic rings. The summed E-state index contributed by atoms with van der Waals surface area (Å²) >= 11 is 1.65. The SMILES string of the molecule is CCc1ccncc1-c1nc(-c2cccnc2)cs1. The van der Waals surface area contributed by atoms with Gasteiger partial charge in [0, 0.05) is 41.3 Å². The first-order valence-electron chi connectivity index (χ1n) is 6.17. The molecule has 0 aliphatic carbocycles. The second kappa shape index (κ2) is 5.28. The summed E-state index contributed by atoms with van der Waals surface area (Å²) in [5.41, 5.74) is 4.43. The van der Waals surface area contributed by atoms with E-state index in [2.05, 4.69) is 28.3 Å². The summed E-state index contributed by atoms with van der Waals surface area (Å²) in [5, 5.41) is 3.09. The van der Waals surface area contributed by atoms with Gasteiger partial charge in [0.15, 0.2) is 0 Å². The number of rotatable bonds is 3. The molecule has 0 bridgehead atoms. The van der Waals surface area contributed by atoms with Gasteiger partial charge in [-0.15, -0.1) is 11.3 Å². The number of hydrogen-bond donors (Lipinski definition) is 0. The number of thiazole rings is 1. The van der Waals surface area contributed by atoms with Gasteiger partial charge in [-0.05, 0) is 30.2 Å². The van der Waals surface area contributed by atoms with Crippen molar-refractivity contribution in [2.45, 2.75) is 13.3 Å². The van der Waals surface area contributed by atoms with Crippen molar-refractivity contribution in [2.75, 3.05) is 0 Å². The highest BCUT2D eigenvalue weighted by Gasteiger charge is 2.09. The van der Waals surface area contributed by atoms with Crippen molar-refractivity contribution in [1.82, 2.24) is 15.0 Å². The molecular formula is C15H13N3S. The van der Waals surface area contributed by atoms with Crippen LogP contribution in [0.15, 0.2) is 48.4 Å². The lowest BCUT2D eigenvalue weighted by molar-refractivity contribution is 1.12. The lowest BCUT2D eigenvalue weighted by Gasteiger charge is -2.02. The van der Waals surface area contributed by atoms with Crippen LogP contribution in [0.4, 0.5) is 0 Å².